The lowest BCUT2D eigenvalue weighted by molar-refractivity contribution is -0.119. The molecule has 0 saturated carbocycles. The van der Waals surface area contributed by atoms with Crippen LogP contribution < -0.4 is 5.73 Å². The molecule has 0 spiro atoms. The molecule has 5 nitrogen and oxygen atoms in total. The lowest BCUT2D eigenvalue weighted by Gasteiger charge is -2.29. The monoisotopic (exact) mass is 238 g/mol. The predicted octanol–water partition coefficient (Wildman–Crippen LogP) is 1.41. The van der Waals surface area contributed by atoms with Crippen LogP contribution in [0.5, 0.6) is 0 Å². The van der Waals surface area contributed by atoms with Crippen LogP contribution in [0, 0.1) is 13.8 Å². The third kappa shape index (κ3) is 2.49. The Hall–Kier alpha value is -1.78. The van der Waals surface area contributed by atoms with Crippen LogP contribution in [0.3, 0.4) is 0 Å². The Kier molecular flexibility index (Phi) is 3.31. The molecule has 0 aliphatic carbocycles. The molecule has 1 amide bonds. The number of primary amides is 1. The number of rotatable bonds is 4. The van der Waals surface area contributed by atoms with Gasteiger partial charge in [-0.1, -0.05) is 0 Å². The fourth-order valence-electron chi connectivity index (χ4n) is 2.42. The lowest BCUT2D eigenvalue weighted by Crippen LogP contribution is -2.33. The largest absolute Gasteiger partial charge is 0.478 e. The number of nitrogens with zero attached hydrogens (tertiary/aromatic N) is 1. The van der Waals surface area contributed by atoms with E-state index in [9.17, 15) is 9.59 Å². The molecule has 0 atom stereocenters. The number of carboxylic acids is 1. The topological polar surface area (TPSA) is 85.3 Å². The molecule has 0 aliphatic rings. The summed E-state index contributed by atoms with van der Waals surface area (Å²) in [6.07, 6.45) is 0.169. The zero-order chi connectivity index (χ0) is 13.4. The molecule has 1 aromatic heterocycles. The van der Waals surface area contributed by atoms with Crippen molar-refractivity contribution >= 4 is 11.9 Å². The number of hydrogen-bond acceptors (Lipinski definition) is 2. The fourth-order valence-corrected chi connectivity index (χ4v) is 2.42. The zero-order valence-corrected chi connectivity index (χ0v) is 10.6. The van der Waals surface area contributed by atoms with Crippen molar-refractivity contribution in [2.75, 3.05) is 0 Å². The van der Waals surface area contributed by atoms with E-state index in [4.69, 9.17) is 10.8 Å². The lowest BCUT2D eigenvalue weighted by atomic mass is 9.99. The highest BCUT2D eigenvalue weighted by molar-refractivity contribution is 5.89. The van der Waals surface area contributed by atoms with Crippen molar-refractivity contribution in [1.82, 2.24) is 4.57 Å². The van der Waals surface area contributed by atoms with Gasteiger partial charge in [0.15, 0.2) is 0 Å². The molecule has 0 unspecified atom stereocenters. The molecule has 0 fully saturated rings. The van der Waals surface area contributed by atoms with Crippen molar-refractivity contribution in [1.29, 1.82) is 0 Å². The summed E-state index contributed by atoms with van der Waals surface area (Å²) < 4.78 is 1.85. The van der Waals surface area contributed by atoms with Crippen LogP contribution in [-0.2, 0) is 10.3 Å². The van der Waals surface area contributed by atoms with Gasteiger partial charge in [-0.25, -0.2) is 4.79 Å². The molecule has 0 saturated heterocycles. The molecule has 1 heterocycles. The molecule has 1 aromatic rings. The van der Waals surface area contributed by atoms with Gasteiger partial charge in [0, 0.05) is 23.3 Å². The van der Waals surface area contributed by atoms with E-state index >= 15 is 0 Å². The Morgan fingerprint density at radius 3 is 2.29 bits per heavy atom. The Labute approximate surface area is 100 Å². The molecule has 0 aliphatic heterocycles. The minimum absolute atomic E-state index is 0.169. The molecule has 1 rings (SSSR count). The van der Waals surface area contributed by atoms with Crippen molar-refractivity contribution < 1.29 is 14.7 Å². The number of hydrogen-bond donors (Lipinski definition) is 2. The molecule has 3 N–H and O–H groups in total. The van der Waals surface area contributed by atoms with Gasteiger partial charge in [-0.3, -0.25) is 4.79 Å². The van der Waals surface area contributed by atoms with Gasteiger partial charge in [0.1, 0.15) is 0 Å². The zero-order valence-electron chi connectivity index (χ0n) is 10.6. The second kappa shape index (κ2) is 4.24. The smallest absolute Gasteiger partial charge is 0.337 e. The molecule has 17 heavy (non-hydrogen) atoms. The van der Waals surface area contributed by atoms with E-state index in [-0.39, 0.29) is 12.0 Å². The van der Waals surface area contributed by atoms with E-state index in [0.29, 0.717) is 5.69 Å². The van der Waals surface area contributed by atoms with Gasteiger partial charge in [-0.15, -0.1) is 0 Å². The van der Waals surface area contributed by atoms with E-state index in [1.807, 2.05) is 25.3 Å². The van der Waals surface area contributed by atoms with Gasteiger partial charge in [-0.05, 0) is 33.8 Å². The molecular weight excluding hydrogens is 220 g/mol. The van der Waals surface area contributed by atoms with E-state index in [0.717, 1.165) is 5.69 Å². The van der Waals surface area contributed by atoms with Crippen molar-refractivity contribution in [3.8, 4) is 0 Å². The molecule has 0 bridgehead atoms. The maximum Gasteiger partial charge on any atom is 0.337 e. The van der Waals surface area contributed by atoms with Gasteiger partial charge < -0.3 is 15.4 Å². The second-order valence-electron chi connectivity index (χ2n) is 4.88. The van der Waals surface area contributed by atoms with Gasteiger partial charge in [0.25, 0.3) is 0 Å². The quantitative estimate of drug-likeness (QED) is 0.831. The SMILES string of the molecule is Cc1cc(C(=O)O)c(C)n1C(C)(C)CC(N)=O. The summed E-state index contributed by atoms with van der Waals surface area (Å²) in [6.45, 7) is 7.29. The molecule has 0 radical (unpaired) electrons. The van der Waals surface area contributed by atoms with Crippen LogP contribution in [0.25, 0.3) is 0 Å². The van der Waals surface area contributed by atoms with E-state index in [1.165, 1.54) is 0 Å². The van der Waals surface area contributed by atoms with Crippen LogP contribution in [-0.4, -0.2) is 21.6 Å². The predicted molar refractivity (Wildman–Crippen MR) is 64.0 cm³/mol. The Morgan fingerprint density at radius 2 is 1.94 bits per heavy atom. The minimum atomic E-state index is -0.959. The number of amides is 1. The van der Waals surface area contributed by atoms with Crippen LogP contribution >= 0.6 is 0 Å². The van der Waals surface area contributed by atoms with E-state index < -0.39 is 17.4 Å². The summed E-state index contributed by atoms with van der Waals surface area (Å²) in [5.74, 6) is -1.36. The summed E-state index contributed by atoms with van der Waals surface area (Å²) in [6, 6.07) is 1.61. The van der Waals surface area contributed by atoms with Crippen molar-refractivity contribution in [2.45, 2.75) is 39.7 Å². The highest BCUT2D eigenvalue weighted by Gasteiger charge is 2.28. The van der Waals surface area contributed by atoms with Crippen molar-refractivity contribution in [3.05, 3.63) is 23.0 Å². The summed E-state index contributed by atoms with van der Waals surface area (Å²) in [4.78, 5) is 22.1. The maximum absolute atomic E-state index is 11.0. The molecular formula is C12H18N2O3. The minimum Gasteiger partial charge on any atom is -0.478 e. The maximum atomic E-state index is 11.0. The number of aromatic carboxylic acids is 1. The number of carboxylic acid groups (broad SMARTS) is 1. The summed E-state index contributed by atoms with van der Waals surface area (Å²) in [5.41, 5.74) is 6.41. The van der Waals surface area contributed by atoms with Gasteiger partial charge >= 0.3 is 5.97 Å². The van der Waals surface area contributed by atoms with E-state index in [1.54, 1.807) is 13.0 Å². The highest BCUT2D eigenvalue weighted by atomic mass is 16.4. The van der Waals surface area contributed by atoms with Crippen LogP contribution in [0.15, 0.2) is 6.07 Å². The van der Waals surface area contributed by atoms with Gasteiger partial charge in [0.2, 0.25) is 5.91 Å². The summed E-state index contributed by atoms with van der Waals surface area (Å²) >= 11 is 0. The number of carbonyl (C=O) groups is 2. The standard InChI is InChI=1S/C12H18N2O3/c1-7-5-9(11(16)17)8(2)14(7)12(3,4)6-10(13)15/h5H,6H2,1-4H3,(H2,13,15)(H,16,17). The number of nitrogens with two attached hydrogens (primary N) is 1. The van der Waals surface area contributed by atoms with Crippen LogP contribution in [0.2, 0.25) is 0 Å². The molecule has 94 valence electrons. The number of carbonyl (C=O) groups excluding carboxylic acids is 1. The van der Waals surface area contributed by atoms with E-state index in [2.05, 4.69) is 0 Å². The third-order valence-corrected chi connectivity index (χ3v) is 2.87. The van der Waals surface area contributed by atoms with Crippen LogP contribution in [0.4, 0.5) is 0 Å². The first kappa shape index (κ1) is 13.3. The average molecular weight is 238 g/mol. The summed E-state index contributed by atoms with van der Waals surface area (Å²) in [5, 5.41) is 9.05. The number of aryl methyl sites for hydroxylation is 1. The Bertz CT molecular complexity index is 472. The highest BCUT2D eigenvalue weighted by Crippen LogP contribution is 2.27. The van der Waals surface area contributed by atoms with Gasteiger partial charge in [0.05, 0.1) is 5.56 Å². The first-order chi connectivity index (χ1) is 7.66. The summed E-state index contributed by atoms with van der Waals surface area (Å²) in [7, 11) is 0. The Balaban J connectivity index is 3.31. The Morgan fingerprint density at radius 1 is 1.41 bits per heavy atom. The first-order valence-electron chi connectivity index (χ1n) is 5.38. The molecule has 5 heteroatoms. The average Bonchev–Trinajstić information content (AvgIpc) is 2.39. The normalized spacial score (nSPS) is 11.5. The fraction of sp³-hybridized carbons (Fsp3) is 0.500. The van der Waals surface area contributed by atoms with Crippen molar-refractivity contribution in [3.63, 3.8) is 0 Å². The van der Waals surface area contributed by atoms with Crippen LogP contribution in [0.1, 0.15) is 42.0 Å². The van der Waals surface area contributed by atoms with Crippen molar-refractivity contribution in [2.24, 2.45) is 5.73 Å². The third-order valence-electron chi connectivity index (χ3n) is 2.87. The number of aromatic nitrogens is 1. The molecule has 0 aromatic carbocycles. The second-order valence-corrected chi connectivity index (χ2v) is 4.88. The van der Waals surface area contributed by atoms with Gasteiger partial charge in [-0.2, -0.15) is 0 Å². The first-order valence-corrected chi connectivity index (χ1v) is 5.38.